The maximum atomic E-state index is 13.1. The number of hydrogen-bond acceptors (Lipinski definition) is 4. The maximum absolute atomic E-state index is 13.1. The first-order valence-electron chi connectivity index (χ1n) is 5.96. The van der Waals surface area contributed by atoms with Crippen LogP contribution in [-0.4, -0.2) is 17.8 Å². The second-order valence-electron chi connectivity index (χ2n) is 4.09. The molecule has 0 amide bonds. The van der Waals surface area contributed by atoms with Gasteiger partial charge in [-0.1, -0.05) is 12.1 Å². The van der Waals surface area contributed by atoms with Crippen molar-refractivity contribution < 1.29 is 4.39 Å². The third-order valence-electron chi connectivity index (χ3n) is 2.81. The number of anilines is 1. The molecule has 2 rings (SSSR count). The summed E-state index contributed by atoms with van der Waals surface area (Å²) >= 11 is 1.58. The Labute approximate surface area is 116 Å². The van der Waals surface area contributed by atoms with Gasteiger partial charge in [0.25, 0.3) is 0 Å². The molecule has 0 aliphatic heterocycles. The highest BCUT2D eigenvalue weighted by Gasteiger charge is 2.13. The van der Waals surface area contributed by atoms with Crippen LogP contribution in [0.3, 0.4) is 0 Å². The molecule has 0 aliphatic rings. The fourth-order valence-electron chi connectivity index (χ4n) is 1.79. The van der Waals surface area contributed by atoms with Gasteiger partial charge in [-0.2, -0.15) is 0 Å². The number of nitrogens with one attached hydrogen (secondary N) is 1. The molecule has 1 unspecified atom stereocenters. The van der Waals surface area contributed by atoms with Gasteiger partial charge in [0.15, 0.2) is 0 Å². The number of halogens is 1. The van der Waals surface area contributed by atoms with Crippen LogP contribution < -0.4 is 11.1 Å². The minimum absolute atomic E-state index is 0.0852. The molecule has 1 aromatic heterocycles. The summed E-state index contributed by atoms with van der Waals surface area (Å²) in [5, 5.41) is 3.21. The van der Waals surface area contributed by atoms with E-state index >= 15 is 0 Å². The fraction of sp³-hybridized carbons (Fsp3) is 0.214. The van der Waals surface area contributed by atoms with Gasteiger partial charge in [0, 0.05) is 28.5 Å². The number of pyridine rings is 1. The molecule has 100 valence electrons. The molecule has 19 heavy (non-hydrogen) atoms. The number of thioether (sulfide) groups is 1. The molecule has 0 saturated heterocycles. The van der Waals surface area contributed by atoms with E-state index < -0.39 is 0 Å². The molecule has 1 atom stereocenters. The number of aromatic nitrogens is 1. The first-order chi connectivity index (χ1) is 9.20. The summed E-state index contributed by atoms with van der Waals surface area (Å²) < 4.78 is 13.1. The summed E-state index contributed by atoms with van der Waals surface area (Å²) in [5.41, 5.74) is 6.84. The highest BCUT2D eigenvalue weighted by molar-refractivity contribution is 7.99. The standard InChI is InChI=1S/C14H16FN3S/c1-17-13(12-6-3-7-18-14(12)16)9-19-11-5-2-4-10(15)8-11/h2-8,13,17H,9H2,1H3,(H2,16,18). The molecule has 5 heteroatoms. The highest BCUT2D eigenvalue weighted by Crippen LogP contribution is 2.26. The SMILES string of the molecule is CNC(CSc1cccc(F)c1)c1cccnc1N. The summed E-state index contributed by atoms with van der Waals surface area (Å²) in [5.74, 6) is 1.07. The van der Waals surface area contributed by atoms with Gasteiger partial charge in [-0.05, 0) is 31.3 Å². The minimum Gasteiger partial charge on any atom is -0.383 e. The van der Waals surface area contributed by atoms with E-state index in [0.717, 1.165) is 16.2 Å². The van der Waals surface area contributed by atoms with Gasteiger partial charge in [-0.15, -0.1) is 11.8 Å². The van der Waals surface area contributed by atoms with Crippen LogP contribution >= 0.6 is 11.8 Å². The van der Waals surface area contributed by atoms with Gasteiger partial charge < -0.3 is 11.1 Å². The third-order valence-corrected chi connectivity index (χ3v) is 3.90. The van der Waals surface area contributed by atoms with Crippen molar-refractivity contribution in [1.82, 2.24) is 10.3 Å². The summed E-state index contributed by atoms with van der Waals surface area (Å²) in [6.45, 7) is 0. The number of nitrogen functional groups attached to an aromatic ring is 1. The molecule has 0 bridgehead atoms. The van der Waals surface area contributed by atoms with E-state index in [-0.39, 0.29) is 11.9 Å². The Morgan fingerprint density at radius 2 is 2.21 bits per heavy atom. The number of rotatable bonds is 5. The van der Waals surface area contributed by atoms with Gasteiger partial charge >= 0.3 is 0 Å². The summed E-state index contributed by atoms with van der Waals surface area (Å²) in [6, 6.07) is 10.5. The predicted molar refractivity (Wildman–Crippen MR) is 77.6 cm³/mol. The van der Waals surface area contributed by atoms with Gasteiger partial charge in [0.1, 0.15) is 11.6 Å². The number of nitrogens with two attached hydrogens (primary N) is 1. The zero-order chi connectivity index (χ0) is 13.7. The van der Waals surface area contributed by atoms with E-state index in [1.165, 1.54) is 12.1 Å². The van der Waals surface area contributed by atoms with Gasteiger partial charge in [-0.25, -0.2) is 9.37 Å². The lowest BCUT2D eigenvalue weighted by Crippen LogP contribution is -2.20. The average molecular weight is 277 g/mol. The number of hydrogen-bond donors (Lipinski definition) is 2. The van der Waals surface area contributed by atoms with Crippen molar-refractivity contribution in [3.63, 3.8) is 0 Å². The molecule has 0 spiro atoms. The van der Waals surface area contributed by atoms with Crippen LogP contribution in [0.15, 0.2) is 47.5 Å². The summed E-state index contributed by atoms with van der Waals surface area (Å²) in [4.78, 5) is 4.99. The van der Waals surface area contributed by atoms with Crippen molar-refractivity contribution in [2.75, 3.05) is 18.5 Å². The van der Waals surface area contributed by atoms with E-state index in [2.05, 4.69) is 10.3 Å². The minimum atomic E-state index is -0.216. The van der Waals surface area contributed by atoms with Crippen molar-refractivity contribution >= 4 is 17.6 Å². The molecule has 2 aromatic rings. The van der Waals surface area contributed by atoms with E-state index in [4.69, 9.17) is 5.73 Å². The monoisotopic (exact) mass is 277 g/mol. The smallest absolute Gasteiger partial charge is 0.128 e. The van der Waals surface area contributed by atoms with Crippen LogP contribution in [0.1, 0.15) is 11.6 Å². The first kappa shape index (κ1) is 13.8. The van der Waals surface area contributed by atoms with Crippen molar-refractivity contribution in [2.24, 2.45) is 0 Å². The molecule has 0 aliphatic carbocycles. The number of benzene rings is 1. The van der Waals surface area contributed by atoms with Crippen LogP contribution in [0.25, 0.3) is 0 Å². The molecule has 3 N–H and O–H groups in total. The second kappa shape index (κ2) is 6.54. The van der Waals surface area contributed by atoms with Crippen LogP contribution in [0.5, 0.6) is 0 Å². The van der Waals surface area contributed by atoms with Crippen molar-refractivity contribution in [3.8, 4) is 0 Å². The molecule has 0 radical (unpaired) electrons. The lowest BCUT2D eigenvalue weighted by molar-refractivity contribution is 0.624. The molecule has 0 fully saturated rings. The Kier molecular flexibility index (Phi) is 4.76. The average Bonchev–Trinajstić information content (AvgIpc) is 2.41. The Morgan fingerprint density at radius 1 is 1.37 bits per heavy atom. The first-order valence-corrected chi connectivity index (χ1v) is 6.95. The van der Waals surface area contributed by atoms with Crippen molar-refractivity contribution in [1.29, 1.82) is 0 Å². The molecule has 1 aromatic carbocycles. The lowest BCUT2D eigenvalue weighted by Gasteiger charge is -2.17. The second-order valence-corrected chi connectivity index (χ2v) is 5.18. The van der Waals surface area contributed by atoms with E-state index in [9.17, 15) is 4.39 Å². The molecule has 3 nitrogen and oxygen atoms in total. The van der Waals surface area contributed by atoms with E-state index in [1.807, 2.05) is 25.2 Å². The Bertz CT molecular complexity index is 548. The Hall–Kier alpha value is -1.59. The van der Waals surface area contributed by atoms with Gasteiger partial charge in [0.05, 0.1) is 0 Å². The summed E-state index contributed by atoms with van der Waals surface area (Å²) in [7, 11) is 1.88. The molecule has 1 heterocycles. The highest BCUT2D eigenvalue weighted by atomic mass is 32.2. The largest absolute Gasteiger partial charge is 0.383 e. The van der Waals surface area contributed by atoms with Gasteiger partial charge in [-0.3, -0.25) is 0 Å². The third kappa shape index (κ3) is 3.68. The quantitative estimate of drug-likeness (QED) is 0.825. The summed E-state index contributed by atoms with van der Waals surface area (Å²) in [6.07, 6.45) is 1.67. The van der Waals surface area contributed by atoms with Crippen molar-refractivity contribution in [3.05, 3.63) is 54.0 Å². The van der Waals surface area contributed by atoms with Crippen LogP contribution in [0.2, 0.25) is 0 Å². The topological polar surface area (TPSA) is 50.9 Å². The zero-order valence-electron chi connectivity index (χ0n) is 10.6. The maximum Gasteiger partial charge on any atom is 0.128 e. The van der Waals surface area contributed by atoms with Gasteiger partial charge in [0.2, 0.25) is 0 Å². The predicted octanol–water partition coefficient (Wildman–Crippen LogP) is 2.86. The number of nitrogens with zero attached hydrogens (tertiary/aromatic N) is 1. The molecule has 0 saturated carbocycles. The van der Waals surface area contributed by atoms with Crippen LogP contribution in [0.4, 0.5) is 10.2 Å². The fourth-order valence-corrected chi connectivity index (χ4v) is 2.87. The van der Waals surface area contributed by atoms with E-state index in [0.29, 0.717) is 5.82 Å². The van der Waals surface area contributed by atoms with Crippen LogP contribution in [-0.2, 0) is 0 Å². The lowest BCUT2D eigenvalue weighted by atomic mass is 10.1. The zero-order valence-corrected chi connectivity index (χ0v) is 11.5. The normalized spacial score (nSPS) is 12.3. The Balaban J connectivity index is 2.06. The van der Waals surface area contributed by atoms with Crippen LogP contribution in [0, 0.1) is 5.82 Å². The van der Waals surface area contributed by atoms with E-state index in [1.54, 1.807) is 24.0 Å². The van der Waals surface area contributed by atoms with Crippen molar-refractivity contribution in [2.45, 2.75) is 10.9 Å². The molecular weight excluding hydrogens is 261 g/mol. The molecular formula is C14H16FN3S. The Morgan fingerprint density at radius 3 is 2.89 bits per heavy atom.